The molecular formula is C42H85NO4. The molecule has 0 aliphatic rings. The highest BCUT2D eigenvalue weighted by Gasteiger charge is 2.23. The van der Waals surface area contributed by atoms with E-state index >= 15 is 0 Å². The molecule has 282 valence electrons. The summed E-state index contributed by atoms with van der Waals surface area (Å²) in [6, 6.07) is -0.705. The maximum Gasteiger partial charge on any atom is 0.249 e. The molecule has 0 radical (unpaired) electrons. The van der Waals surface area contributed by atoms with Gasteiger partial charge in [-0.05, 0) is 12.8 Å². The summed E-state index contributed by atoms with van der Waals surface area (Å²) in [6.07, 6.45) is 42.4. The average Bonchev–Trinajstić information content (AvgIpc) is 3.07. The Labute approximate surface area is 294 Å². The molecule has 0 heterocycles. The average molecular weight is 668 g/mol. The quantitative estimate of drug-likeness (QED) is 0.0491. The summed E-state index contributed by atoms with van der Waals surface area (Å²) in [7, 11) is 0. The normalized spacial score (nSPS) is 13.6. The van der Waals surface area contributed by atoms with E-state index in [2.05, 4.69) is 19.2 Å². The van der Waals surface area contributed by atoms with Crippen LogP contribution in [0.4, 0.5) is 0 Å². The van der Waals surface area contributed by atoms with Crippen molar-refractivity contribution in [2.45, 2.75) is 257 Å². The van der Waals surface area contributed by atoms with Crippen molar-refractivity contribution in [3.05, 3.63) is 0 Å². The minimum atomic E-state index is -1.07. The van der Waals surface area contributed by atoms with Gasteiger partial charge in [-0.1, -0.05) is 226 Å². The first kappa shape index (κ1) is 46.4. The number of amides is 1. The number of carbonyl (C=O) groups is 1. The second kappa shape index (κ2) is 38.2. The van der Waals surface area contributed by atoms with Gasteiger partial charge in [0.2, 0.25) is 5.91 Å². The highest BCUT2D eigenvalue weighted by molar-refractivity contribution is 5.80. The zero-order valence-corrected chi connectivity index (χ0v) is 31.9. The number of carbonyl (C=O) groups excluding carboxylic acids is 1. The summed E-state index contributed by atoms with van der Waals surface area (Å²) >= 11 is 0. The van der Waals surface area contributed by atoms with Crippen molar-refractivity contribution in [2.24, 2.45) is 0 Å². The van der Waals surface area contributed by atoms with E-state index in [1.807, 2.05) is 0 Å². The molecule has 0 saturated carbocycles. The van der Waals surface area contributed by atoms with Crippen LogP contribution in [0.25, 0.3) is 0 Å². The highest BCUT2D eigenvalue weighted by atomic mass is 16.3. The maximum absolute atomic E-state index is 12.5. The molecule has 5 nitrogen and oxygen atoms in total. The highest BCUT2D eigenvalue weighted by Crippen LogP contribution is 2.17. The first-order chi connectivity index (χ1) is 23.1. The first-order valence-electron chi connectivity index (χ1n) is 21.3. The van der Waals surface area contributed by atoms with Gasteiger partial charge < -0.3 is 20.6 Å². The number of rotatable bonds is 39. The second-order valence-corrected chi connectivity index (χ2v) is 14.9. The zero-order chi connectivity index (χ0) is 34.5. The van der Waals surface area contributed by atoms with Crippen LogP contribution in [0.3, 0.4) is 0 Å². The second-order valence-electron chi connectivity index (χ2n) is 14.9. The van der Waals surface area contributed by atoms with Crippen LogP contribution in [0.15, 0.2) is 0 Å². The van der Waals surface area contributed by atoms with Crippen molar-refractivity contribution in [3.63, 3.8) is 0 Å². The fraction of sp³-hybridized carbons (Fsp3) is 0.976. The van der Waals surface area contributed by atoms with Crippen molar-refractivity contribution < 1.29 is 20.1 Å². The van der Waals surface area contributed by atoms with Crippen molar-refractivity contribution in [3.8, 4) is 0 Å². The Hall–Kier alpha value is -0.650. The van der Waals surface area contributed by atoms with Gasteiger partial charge in [0.25, 0.3) is 0 Å². The van der Waals surface area contributed by atoms with Crippen LogP contribution in [0.5, 0.6) is 0 Å². The fourth-order valence-electron chi connectivity index (χ4n) is 6.84. The molecule has 0 fully saturated rings. The van der Waals surface area contributed by atoms with Crippen LogP contribution in [-0.2, 0) is 4.79 Å². The number of hydrogen-bond acceptors (Lipinski definition) is 4. The Morgan fingerprint density at radius 2 is 0.681 bits per heavy atom. The Morgan fingerprint density at radius 3 is 0.957 bits per heavy atom. The molecule has 0 aromatic carbocycles. The predicted molar refractivity (Wildman–Crippen MR) is 204 cm³/mol. The number of unbranched alkanes of at least 4 members (excludes halogenated alkanes) is 31. The molecule has 0 aromatic heterocycles. The van der Waals surface area contributed by atoms with Gasteiger partial charge in [0.05, 0.1) is 18.8 Å². The molecule has 0 spiro atoms. The molecule has 0 aromatic rings. The first-order valence-corrected chi connectivity index (χ1v) is 21.3. The van der Waals surface area contributed by atoms with E-state index in [4.69, 9.17) is 0 Å². The van der Waals surface area contributed by atoms with E-state index in [0.717, 1.165) is 32.1 Å². The topological polar surface area (TPSA) is 89.8 Å². The summed E-state index contributed by atoms with van der Waals surface area (Å²) in [5.74, 6) is -0.466. The molecule has 4 N–H and O–H groups in total. The molecule has 1 amide bonds. The Morgan fingerprint density at radius 1 is 0.426 bits per heavy atom. The summed E-state index contributed by atoms with van der Waals surface area (Å²) in [4.78, 5) is 12.5. The molecule has 0 aliphatic carbocycles. The van der Waals surface area contributed by atoms with E-state index in [0.29, 0.717) is 12.8 Å². The lowest BCUT2D eigenvalue weighted by molar-refractivity contribution is -0.131. The van der Waals surface area contributed by atoms with Gasteiger partial charge in [0, 0.05) is 0 Å². The molecule has 0 saturated heterocycles. The van der Waals surface area contributed by atoms with Crippen molar-refractivity contribution >= 4 is 5.91 Å². The number of aliphatic hydroxyl groups is 3. The summed E-state index contributed by atoms with van der Waals surface area (Å²) in [6.45, 7) is 4.24. The smallest absolute Gasteiger partial charge is 0.249 e. The summed E-state index contributed by atoms with van der Waals surface area (Å²) in [5.41, 5.74) is 0. The molecule has 0 aliphatic heterocycles. The van der Waals surface area contributed by atoms with E-state index in [9.17, 15) is 20.1 Å². The van der Waals surface area contributed by atoms with Crippen LogP contribution >= 0.6 is 0 Å². The molecular weight excluding hydrogens is 582 g/mol. The third-order valence-electron chi connectivity index (χ3n) is 10.2. The largest absolute Gasteiger partial charge is 0.394 e. The minimum absolute atomic E-state index is 0.308. The third-order valence-corrected chi connectivity index (χ3v) is 10.2. The molecule has 0 bridgehead atoms. The van der Waals surface area contributed by atoms with Gasteiger partial charge in [-0.2, -0.15) is 0 Å². The lowest BCUT2D eigenvalue weighted by Gasteiger charge is -2.23. The Bertz CT molecular complexity index is 615. The zero-order valence-electron chi connectivity index (χ0n) is 31.9. The van der Waals surface area contributed by atoms with Gasteiger partial charge in [-0.25, -0.2) is 0 Å². The summed E-state index contributed by atoms with van der Waals surface area (Å²) < 4.78 is 0. The monoisotopic (exact) mass is 668 g/mol. The molecule has 0 rings (SSSR count). The Kier molecular flexibility index (Phi) is 37.6. The number of hydrogen-bond donors (Lipinski definition) is 4. The number of nitrogens with one attached hydrogen (secondary N) is 1. The predicted octanol–water partition coefficient (Wildman–Crippen LogP) is 11.9. The van der Waals surface area contributed by atoms with Crippen molar-refractivity contribution in [2.75, 3.05) is 6.61 Å². The van der Waals surface area contributed by atoms with Gasteiger partial charge in [0.15, 0.2) is 0 Å². The molecule has 3 atom stereocenters. The van der Waals surface area contributed by atoms with Crippen LogP contribution in [-0.4, -0.2) is 46.1 Å². The van der Waals surface area contributed by atoms with Gasteiger partial charge in [-0.3, -0.25) is 4.79 Å². The van der Waals surface area contributed by atoms with Crippen LogP contribution < -0.4 is 5.32 Å². The SMILES string of the molecule is CCCCCCCCCCCCCCCCCCCCC(O)C(CO)NC(=O)C(O)CCCCCCCCCCCCCCCCC. The minimum Gasteiger partial charge on any atom is -0.394 e. The van der Waals surface area contributed by atoms with E-state index in [1.54, 1.807) is 0 Å². The summed E-state index contributed by atoms with van der Waals surface area (Å²) in [5, 5.41) is 33.3. The van der Waals surface area contributed by atoms with E-state index in [1.165, 1.54) is 180 Å². The molecule has 47 heavy (non-hydrogen) atoms. The molecule has 5 heteroatoms. The van der Waals surface area contributed by atoms with Crippen LogP contribution in [0, 0.1) is 0 Å². The lowest BCUT2D eigenvalue weighted by atomic mass is 10.0. The third kappa shape index (κ3) is 33.6. The number of aliphatic hydroxyl groups excluding tert-OH is 3. The van der Waals surface area contributed by atoms with E-state index < -0.39 is 24.2 Å². The van der Waals surface area contributed by atoms with Crippen molar-refractivity contribution in [1.29, 1.82) is 0 Å². The van der Waals surface area contributed by atoms with Gasteiger partial charge in [0.1, 0.15) is 6.10 Å². The van der Waals surface area contributed by atoms with Crippen molar-refractivity contribution in [1.82, 2.24) is 5.32 Å². The standard InChI is InChI=1S/C42H85NO4/c1-3-5-7-9-11-13-15-17-19-20-21-23-24-26-28-30-32-34-36-40(45)39(38-44)43-42(47)41(46)37-35-33-31-29-27-25-22-18-16-14-12-10-8-6-4-2/h39-41,44-46H,3-38H2,1-2H3,(H,43,47). The van der Waals surface area contributed by atoms with Crippen LogP contribution in [0.2, 0.25) is 0 Å². The maximum atomic E-state index is 12.5. The van der Waals surface area contributed by atoms with Gasteiger partial charge in [-0.15, -0.1) is 0 Å². The molecule has 3 unspecified atom stereocenters. The van der Waals surface area contributed by atoms with Gasteiger partial charge >= 0.3 is 0 Å². The van der Waals surface area contributed by atoms with Crippen LogP contribution in [0.1, 0.15) is 239 Å². The van der Waals surface area contributed by atoms with E-state index in [-0.39, 0.29) is 6.61 Å². The lowest BCUT2D eigenvalue weighted by Crippen LogP contribution is -2.49. The Balaban J connectivity index is 3.59. The fourth-order valence-corrected chi connectivity index (χ4v) is 6.84.